The number of benzene rings is 1. The summed E-state index contributed by atoms with van der Waals surface area (Å²) in [6.07, 6.45) is 3.73. The summed E-state index contributed by atoms with van der Waals surface area (Å²) < 4.78 is 5.42. The molecule has 1 aliphatic rings. The number of thioether (sulfide) groups is 1. The maximum absolute atomic E-state index is 12.6. The van der Waals surface area contributed by atoms with Crippen molar-refractivity contribution in [3.63, 3.8) is 0 Å². The Morgan fingerprint density at radius 1 is 1.20 bits per heavy atom. The van der Waals surface area contributed by atoms with Crippen LogP contribution in [-0.4, -0.2) is 54.2 Å². The van der Waals surface area contributed by atoms with Gasteiger partial charge in [-0.15, -0.1) is 11.8 Å². The van der Waals surface area contributed by atoms with Crippen molar-refractivity contribution in [2.24, 2.45) is 0 Å². The van der Waals surface area contributed by atoms with Gasteiger partial charge in [-0.3, -0.25) is 14.6 Å². The zero-order valence-corrected chi connectivity index (χ0v) is 15.6. The second-order valence-corrected chi connectivity index (χ2v) is 7.11. The number of carbonyl (C=O) groups excluding carboxylic acids is 1. The molecule has 0 spiro atoms. The van der Waals surface area contributed by atoms with Crippen molar-refractivity contribution in [1.29, 1.82) is 0 Å². The van der Waals surface area contributed by atoms with Gasteiger partial charge in [-0.2, -0.15) is 0 Å². The molecule has 25 heavy (non-hydrogen) atoms. The molecule has 2 aromatic rings. The van der Waals surface area contributed by atoms with Crippen molar-refractivity contribution >= 4 is 23.4 Å². The molecule has 1 aromatic carbocycles. The van der Waals surface area contributed by atoms with Crippen molar-refractivity contribution < 1.29 is 9.21 Å². The van der Waals surface area contributed by atoms with Crippen LogP contribution in [0.15, 0.2) is 52.0 Å². The molecule has 0 saturated carbocycles. The zero-order chi connectivity index (χ0) is 17.6. The third kappa shape index (κ3) is 4.66. The molecule has 1 atom stereocenters. The molecule has 2 heterocycles. The Morgan fingerprint density at radius 2 is 1.96 bits per heavy atom. The van der Waals surface area contributed by atoms with Crippen LogP contribution in [0.2, 0.25) is 0 Å². The Hall–Kier alpha value is -1.76. The summed E-state index contributed by atoms with van der Waals surface area (Å²) >= 11 is 1.64. The van der Waals surface area contributed by atoms with E-state index in [2.05, 4.69) is 15.1 Å². The molecule has 134 valence electrons. The summed E-state index contributed by atoms with van der Waals surface area (Å²) in [6.45, 7) is 6.49. The molecule has 1 amide bonds. The predicted molar refractivity (Wildman–Crippen MR) is 102 cm³/mol. The molecule has 1 aromatic heterocycles. The van der Waals surface area contributed by atoms with Gasteiger partial charge in [0.15, 0.2) is 0 Å². The predicted octanol–water partition coefficient (Wildman–Crippen LogP) is 3.15. The molecule has 0 radical (unpaired) electrons. The molecular formula is C19H25N3O2S. The first-order chi connectivity index (χ1) is 12.2. The maximum atomic E-state index is 12.6. The van der Waals surface area contributed by atoms with Crippen molar-refractivity contribution in [2.75, 3.05) is 37.8 Å². The van der Waals surface area contributed by atoms with Crippen LogP contribution in [0.1, 0.15) is 12.7 Å². The lowest BCUT2D eigenvalue weighted by Gasteiger charge is -2.37. The monoisotopic (exact) mass is 359 g/mol. The SMILES string of the molecule is CSc1ccccc1NC(=O)C(C)N1CCN(Cc2ccco2)CC1. The highest BCUT2D eigenvalue weighted by Crippen LogP contribution is 2.25. The number of carbonyl (C=O) groups is 1. The minimum atomic E-state index is -0.138. The van der Waals surface area contributed by atoms with E-state index >= 15 is 0 Å². The smallest absolute Gasteiger partial charge is 0.241 e. The van der Waals surface area contributed by atoms with Gasteiger partial charge in [0.25, 0.3) is 0 Å². The van der Waals surface area contributed by atoms with E-state index in [0.717, 1.165) is 49.1 Å². The fraction of sp³-hybridized carbons (Fsp3) is 0.421. The van der Waals surface area contributed by atoms with E-state index in [1.807, 2.05) is 49.6 Å². The van der Waals surface area contributed by atoms with Gasteiger partial charge in [-0.1, -0.05) is 12.1 Å². The van der Waals surface area contributed by atoms with E-state index in [9.17, 15) is 4.79 Å². The van der Waals surface area contributed by atoms with Crippen LogP contribution < -0.4 is 5.32 Å². The van der Waals surface area contributed by atoms with E-state index in [-0.39, 0.29) is 11.9 Å². The van der Waals surface area contributed by atoms with Crippen LogP contribution in [-0.2, 0) is 11.3 Å². The van der Waals surface area contributed by atoms with Gasteiger partial charge >= 0.3 is 0 Å². The van der Waals surface area contributed by atoms with Crippen molar-refractivity contribution in [1.82, 2.24) is 9.80 Å². The van der Waals surface area contributed by atoms with Crippen LogP contribution in [0.25, 0.3) is 0 Å². The second-order valence-electron chi connectivity index (χ2n) is 6.26. The molecule has 1 unspecified atom stereocenters. The van der Waals surface area contributed by atoms with Gasteiger partial charge in [0.2, 0.25) is 5.91 Å². The third-order valence-electron chi connectivity index (χ3n) is 4.66. The average molecular weight is 359 g/mol. The van der Waals surface area contributed by atoms with Crippen LogP contribution in [0.5, 0.6) is 0 Å². The fourth-order valence-corrected chi connectivity index (χ4v) is 3.64. The second kappa shape index (κ2) is 8.56. The van der Waals surface area contributed by atoms with Gasteiger partial charge < -0.3 is 9.73 Å². The maximum Gasteiger partial charge on any atom is 0.241 e. The molecule has 1 saturated heterocycles. The van der Waals surface area contributed by atoms with Crippen molar-refractivity contribution in [3.8, 4) is 0 Å². The van der Waals surface area contributed by atoms with E-state index in [0.29, 0.717) is 0 Å². The highest BCUT2D eigenvalue weighted by atomic mass is 32.2. The number of piperazine rings is 1. The summed E-state index contributed by atoms with van der Waals surface area (Å²) in [5.41, 5.74) is 0.892. The lowest BCUT2D eigenvalue weighted by atomic mass is 10.2. The Bertz CT molecular complexity index is 682. The number of nitrogens with one attached hydrogen (secondary N) is 1. The highest BCUT2D eigenvalue weighted by Gasteiger charge is 2.26. The summed E-state index contributed by atoms with van der Waals surface area (Å²) in [7, 11) is 0. The third-order valence-corrected chi connectivity index (χ3v) is 5.45. The highest BCUT2D eigenvalue weighted by molar-refractivity contribution is 7.98. The van der Waals surface area contributed by atoms with Crippen LogP contribution >= 0.6 is 11.8 Å². The Balaban J connectivity index is 1.51. The van der Waals surface area contributed by atoms with Gasteiger partial charge in [-0.05, 0) is 37.4 Å². The minimum absolute atomic E-state index is 0.0565. The summed E-state index contributed by atoms with van der Waals surface area (Å²) in [4.78, 5) is 18.3. The number of para-hydroxylation sites is 1. The molecule has 3 rings (SSSR count). The van der Waals surface area contributed by atoms with Crippen LogP contribution in [0.3, 0.4) is 0 Å². The fourth-order valence-electron chi connectivity index (χ4n) is 3.08. The van der Waals surface area contributed by atoms with Gasteiger partial charge in [0.1, 0.15) is 5.76 Å². The first-order valence-electron chi connectivity index (χ1n) is 8.60. The van der Waals surface area contributed by atoms with Crippen LogP contribution in [0, 0.1) is 0 Å². The number of nitrogens with zero attached hydrogens (tertiary/aromatic N) is 2. The summed E-state index contributed by atoms with van der Waals surface area (Å²) in [5.74, 6) is 1.05. The number of amides is 1. The quantitative estimate of drug-likeness (QED) is 0.803. The Kier molecular flexibility index (Phi) is 6.18. The normalized spacial score (nSPS) is 17.4. The van der Waals surface area contributed by atoms with E-state index in [1.165, 1.54) is 0 Å². The Labute approximate surface area is 153 Å². The van der Waals surface area contributed by atoms with Crippen LogP contribution in [0.4, 0.5) is 5.69 Å². The van der Waals surface area contributed by atoms with Gasteiger partial charge in [0.05, 0.1) is 24.5 Å². The first kappa shape index (κ1) is 18.0. The molecule has 1 fully saturated rings. The van der Waals surface area contributed by atoms with E-state index < -0.39 is 0 Å². The number of anilines is 1. The lowest BCUT2D eigenvalue weighted by molar-refractivity contribution is -0.121. The lowest BCUT2D eigenvalue weighted by Crippen LogP contribution is -2.52. The average Bonchev–Trinajstić information content (AvgIpc) is 3.15. The molecule has 0 aliphatic carbocycles. The van der Waals surface area contributed by atoms with Gasteiger partial charge in [-0.25, -0.2) is 0 Å². The zero-order valence-electron chi connectivity index (χ0n) is 14.8. The summed E-state index contributed by atoms with van der Waals surface area (Å²) in [6, 6.07) is 11.7. The number of rotatable bonds is 6. The van der Waals surface area contributed by atoms with Gasteiger partial charge in [0, 0.05) is 31.1 Å². The van der Waals surface area contributed by atoms with E-state index in [1.54, 1.807) is 18.0 Å². The van der Waals surface area contributed by atoms with Crippen molar-refractivity contribution in [2.45, 2.75) is 24.4 Å². The standard InChI is InChI=1S/C19H25N3O2S/c1-15(19(23)20-17-7-3-4-8-18(17)25-2)22-11-9-21(10-12-22)14-16-6-5-13-24-16/h3-8,13,15H,9-12,14H2,1-2H3,(H,20,23). The van der Waals surface area contributed by atoms with Crippen molar-refractivity contribution in [3.05, 3.63) is 48.4 Å². The first-order valence-corrected chi connectivity index (χ1v) is 9.82. The molecule has 0 bridgehead atoms. The minimum Gasteiger partial charge on any atom is -0.468 e. The Morgan fingerprint density at radius 3 is 2.64 bits per heavy atom. The largest absolute Gasteiger partial charge is 0.468 e. The number of hydrogen-bond donors (Lipinski definition) is 1. The number of hydrogen-bond acceptors (Lipinski definition) is 5. The molecular weight excluding hydrogens is 334 g/mol. The molecule has 6 heteroatoms. The molecule has 1 aliphatic heterocycles. The van der Waals surface area contributed by atoms with E-state index in [4.69, 9.17) is 4.42 Å². The molecule has 1 N–H and O–H groups in total. The number of furan rings is 1. The molecule has 5 nitrogen and oxygen atoms in total. The summed E-state index contributed by atoms with van der Waals surface area (Å²) in [5, 5.41) is 3.08. The topological polar surface area (TPSA) is 48.7 Å².